The van der Waals surface area contributed by atoms with E-state index in [-0.39, 0.29) is 5.97 Å². The van der Waals surface area contributed by atoms with Crippen molar-refractivity contribution in [1.29, 1.82) is 0 Å². The van der Waals surface area contributed by atoms with Crippen LogP contribution in [0.15, 0.2) is 40.9 Å². The molecule has 154 valence electrons. The number of benzene rings is 2. The molecule has 2 aromatic carbocycles. The molecule has 0 atom stereocenters. The van der Waals surface area contributed by atoms with Crippen LogP contribution < -0.4 is 0 Å². The maximum absolute atomic E-state index is 12.1. The van der Waals surface area contributed by atoms with Crippen LogP contribution in [0, 0.1) is 6.92 Å². The van der Waals surface area contributed by atoms with Crippen molar-refractivity contribution in [2.24, 2.45) is 0 Å². The lowest BCUT2D eigenvalue weighted by molar-refractivity contribution is 0.00695. The van der Waals surface area contributed by atoms with Gasteiger partial charge in [-0.15, -0.1) is 5.10 Å². The van der Waals surface area contributed by atoms with Crippen LogP contribution in [-0.2, 0) is 22.4 Å². The smallest absolute Gasteiger partial charge is 0.338 e. The summed E-state index contributed by atoms with van der Waals surface area (Å²) in [7, 11) is 0. The fourth-order valence-corrected chi connectivity index (χ4v) is 3.22. The summed E-state index contributed by atoms with van der Waals surface area (Å²) in [5.74, 6) is -0.303. The number of rotatable bonds is 7. The summed E-state index contributed by atoms with van der Waals surface area (Å²) in [6, 6.07) is 11.5. The van der Waals surface area contributed by atoms with Crippen LogP contribution >= 0.6 is 15.9 Å². The van der Waals surface area contributed by atoms with E-state index in [4.69, 9.17) is 9.47 Å². The summed E-state index contributed by atoms with van der Waals surface area (Å²) < 4.78 is 14.0. The Balaban J connectivity index is 1.45. The third kappa shape index (κ3) is 5.64. The summed E-state index contributed by atoms with van der Waals surface area (Å²) in [5, 5.41) is 8.49. The van der Waals surface area contributed by atoms with Crippen LogP contribution in [0.5, 0.6) is 0 Å². The number of aryl methyl sites for hydroxylation is 1. The van der Waals surface area contributed by atoms with Gasteiger partial charge < -0.3 is 9.47 Å². The number of hydrogen-bond donors (Lipinski definition) is 0. The van der Waals surface area contributed by atoms with Gasteiger partial charge in [-0.25, -0.2) is 9.48 Å². The van der Waals surface area contributed by atoms with Gasteiger partial charge in [0.15, 0.2) is 0 Å². The van der Waals surface area contributed by atoms with Crippen LogP contribution in [0.3, 0.4) is 0 Å². The standard InChI is InChI=1S/C22H26BrN3O3/c1-15-18(23)9-10-19-20(15)24-25-26(19)12-14-28-13-11-16-5-7-17(8-6-16)21(27)29-22(2,3)4/h5-10H,11-14H2,1-4H3. The van der Waals surface area contributed by atoms with Gasteiger partial charge in [0.25, 0.3) is 0 Å². The van der Waals surface area contributed by atoms with Gasteiger partial charge in [0.05, 0.1) is 30.8 Å². The zero-order valence-electron chi connectivity index (χ0n) is 17.2. The van der Waals surface area contributed by atoms with Gasteiger partial charge in [-0.2, -0.15) is 0 Å². The normalized spacial score (nSPS) is 11.8. The van der Waals surface area contributed by atoms with Gasteiger partial charge in [0, 0.05) is 4.47 Å². The van der Waals surface area contributed by atoms with Crippen molar-refractivity contribution in [2.75, 3.05) is 13.2 Å². The first-order valence-corrected chi connectivity index (χ1v) is 10.4. The molecule has 6 nitrogen and oxygen atoms in total. The Morgan fingerprint density at radius 1 is 1.10 bits per heavy atom. The Labute approximate surface area is 179 Å². The summed E-state index contributed by atoms with van der Waals surface area (Å²) in [6.07, 6.45) is 0.777. The molecule has 7 heteroatoms. The second-order valence-electron chi connectivity index (χ2n) is 7.91. The van der Waals surface area contributed by atoms with E-state index in [1.54, 1.807) is 12.1 Å². The number of hydrogen-bond acceptors (Lipinski definition) is 5. The van der Waals surface area contributed by atoms with E-state index in [1.165, 1.54) is 0 Å². The van der Waals surface area contributed by atoms with Crippen LogP contribution in [0.25, 0.3) is 11.0 Å². The molecule has 0 saturated carbocycles. The zero-order chi connectivity index (χ0) is 21.0. The van der Waals surface area contributed by atoms with E-state index >= 15 is 0 Å². The molecular weight excluding hydrogens is 434 g/mol. The highest BCUT2D eigenvalue weighted by Crippen LogP contribution is 2.23. The Morgan fingerprint density at radius 2 is 1.83 bits per heavy atom. The van der Waals surface area contributed by atoms with Crippen molar-refractivity contribution in [3.05, 3.63) is 57.6 Å². The number of carbonyl (C=O) groups excluding carboxylic acids is 1. The minimum atomic E-state index is -0.492. The molecule has 0 bridgehead atoms. The SMILES string of the molecule is Cc1c(Br)ccc2c1nnn2CCOCCc1ccc(C(=O)OC(C)(C)C)cc1. The average Bonchev–Trinajstić information content (AvgIpc) is 3.07. The van der Waals surface area contributed by atoms with E-state index in [0.717, 1.165) is 33.1 Å². The first kappa shape index (κ1) is 21.5. The summed E-state index contributed by atoms with van der Waals surface area (Å²) >= 11 is 3.52. The first-order chi connectivity index (χ1) is 13.7. The molecule has 0 amide bonds. The van der Waals surface area contributed by atoms with Crippen molar-refractivity contribution < 1.29 is 14.3 Å². The fraction of sp³-hybridized carbons (Fsp3) is 0.409. The highest BCUT2D eigenvalue weighted by Gasteiger charge is 2.17. The monoisotopic (exact) mass is 459 g/mol. The Bertz CT molecular complexity index is 991. The van der Waals surface area contributed by atoms with E-state index in [9.17, 15) is 4.79 Å². The molecule has 0 unspecified atom stereocenters. The third-order valence-corrected chi connectivity index (χ3v) is 5.30. The van der Waals surface area contributed by atoms with Gasteiger partial charge >= 0.3 is 5.97 Å². The first-order valence-electron chi connectivity index (χ1n) is 9.63. The lowest BCUT2D eigenvalue weighted by atomic mass is 10.1. The lowest BCUT2D eigenvalue weighted by Crippen LogP contribution is -2.23. The number of nitrogens with zero attached hydrogens (tertiary/aromatic N) is 3. The van der Waals surface area contributed by atoms with Crippen molar-refractivity contribution in [3.8, 4) is 0 Å². The Morgan fingerprint density at radius 3 is 2.52 bits per heavy atom. The largest absolute Gasteiger partial charge is 0.456 e. The molecule has 0 spiro atoms. The molecular formula is C22H26BrN3O3. The van der Waals surface area contributed by atoms with Gasteiger partial charge in [-0.3, -0.25) is 0 Å². The van der Waals surface area contributed by atoms with Crippen molar-refractivity contribution in [1.82, 2.24) is 15.0 Å². The summed E-state index contributed by atoms with van der Waals surface area (Å²) in [5.41, 5.74) is 4.18. The second-order valence-corrected chi connectivity index (χ2v) is 8.77. The van der Waals surface area contributed by atoms with Crippen molar-refractivity contribution in [2.45, 2.75) is 46.3 Å². The number of ether oxygens (including phenoxy) is 2. The molecule has 0 radical (unpaired) electrons. The van der Waals surface area contributed by atoms with E-state index in [1.807, 2.05) is 56.6 Å². The van der Waals surface area contributed by atoms with E-state index < -0.39 is 5.60 Å². The van der Waals surface area contributed by atoms with Crippen LogP contribution in [0.2, 0.25) is 0 Å². The predicted octanol–water partition coefficient (Wildman–Crippen LogP) is 4.72. The zero-order valence-corrected chi connectivity index (χ0v) is 18.8. The number of carbonyl (C=O) groups is 1. The second kappa shape index (κ2) is 9.05. The molecule has 0 aliphatic carbocycles. The lowest BCUT2D eigenvalue weighted by Gasteiger charge is -2.19. The summed E-state index contributed by atoms with van der Waals surface area (Å²) in [6.45, 7) is 9.41. The van der Waals surface area contributed by atoms with Gasteiger partial charge in [-0.05, 0) is 69.5 Å². The van der Waals surface area contributed by atoms with E-state index in [2.05, 4.69) is 26.2 Å². The Hall–Kier alpha value is -2.25. The maximum Gasteiger partial charge on any atom is 0.338 e. The number of fused-ring (bicyclic) bond motifs is 1. The van der Waals surface area contributed by atoms with Gasteiger partial charge in [0.2, 0.25) is 0 Å². The predicted molar refractivity (Wildman–Crippen MR) is 116 cm³/mol. The fourth-order valence-electron chi connectivity index (χ4n) is 2.90. The Kier molecular flexibility index (Phi) is 6.70. The van der Waals surface area contributed by atoms with Crippen molar-refractivity contribution in [3.63, 3.8) is 0 Å². The molecule has 0 saturated heterocycles. The molecule has 1 aromatic heterocycles. The van der Waals surface area contributed by atoms with E-state index in [0.29, 0.717) is 25.3 Å². The molecule has 1 heterocycles. The van der Waals surface area contributed by atoms with Crippen LogP contribution in [-0.4, -0.2) is 39.8 Å². The van der Waals surface area contributed by atoms with Gasteiger partial charge in [-0.1, -0.05) is 33.3 Å². The molecule has 0 aliphatic rings. The van der Waals surface area contributed by atoms with Crippen LogP contribution in [0.4, 0.5) is 0 Å². The molecule has 3 aromatic rings. The molecule has 0 aliphatic heterocycles. The quantitative estimate of drug-likeness (QED) is 0.377. The van der Waals surface area contributed by atoms with Crippen molar-refractivity contribution >= 4 is 32.9 Å². The molecule has 0 fully saturated rings. The van der Waals surface area contributed by atoms with Gasteiger partial charge in [0.1, 0.15) is 11.1 Å². The topological polar surface area (TPSA) is 66.2 Å². The average molecular weight is 460 g/mol. The molecule has 29 heavy (non-hydrogen) atoms. The molecule has 3 rings (SSSR count). The minimum Gasteiger partial charge on any atom is -0.456 e. The molecule has 0 N–H and O–H groups in total. The maximum atomic E-state index is 12.1. The summed E-state index contributed by atoms with van der Waals surface area (Å²) in [4.78, 5) is 12.1. The number of esters is 1. The number of halogens is 1. The minimum absolute atomic E-state index is 0.303. The number of aromatic nitrogens is 3. The highest BCUT2D eigenvalue weighted by molar-refractivity contribution is 9.10. The van der Waals surface area contributed by atoms with Crippen LogP contribution in [0.1, 0.15) is 42.3 Å². The third-order valence-electron chi connectivity index (χ3n) is 4.45. The highest BCUT2D eigenvalue weighted by atomic mass is 79.9.